The highest BCUT2D eigenvalue weighted by Crippen LogP contribution is 2.10. The zero-order valence-corrected chi connectivity index (χ0v) is 7.79. The fourth-order valence-electron chi connectivity index (χ4n) is 0.915. The molecule has 1 aromatic rings. The van der Waals surface area contributed by atoms with Crippen LogP contribution in [-0.2, 0) is 16.5 Å². The van der Waals surface area contributed by atoms with E-state index in [4.69, 9.17) is 4.55 Å². The molecule has 13 heavy (non-hydrogen) atoms. The van der Waals surface area contributed by atoms with Crippen molar-refractivity contribution in [2.45, 2.75) is 6.42 Å². The van der Waals surface area contributed by atoms with Gasteiger partial charge in [0.15, 0.2) is 0 Å². The first-order chi connectivity index (χ1) is 6.00. The molecular formula is C9H10O3S. The normalized spacial score (nSPS) is 11.2. The first-order valence-electron chi connectivity index (χ1n) is 3.69. The quantitative estimate of drug-likeness (QED) is 0.751. The van der Waals surface area contributed by atoms with E-state index in [9.17, 15) is 8.42 Å². The van der Waals surface area contributed by atoms with Crippen LogP contribution in [0.4, 0.5) is 0 Å². The molecule has 0 aliphatic carbocycles. The smallest absolute Gasteiger partial charge is 0.282 e. The Morgan fingerprint density at radius 3 is 2.31 bits per heavy atom. The molecule has 0 saturated heterocycles. The van der Waals surface area contributed by atoms with Crippen molar-refractivity contribution in [1.29, 1.82) is 0 Å². The minimum atomic E-state index is -4.10. The van der Waals surface area contributed by atoms with Crippen LogP contribution in [0.1, 0.15) is 5.56 Å². The van der Waals surface area contributed by atoms with Gasteiger partial charge in [-0.1, -0.05) is 36.9 Å². The Hall–Kier alpha value is -1.13. The highest BCUT2D eigenvalue weighted by Gasteiger charge is 2.10. The molecule has 4 heteroatoms. The van der Waals surface area contributed by atoms with E-state index in [1.54, 1.807) is 24.3 Å². The van der Waals surface area contributed by atoms with Gasteiger partial charge in [0, 0.05) is 6.42 Å². The second-order valence-corrected chi connectivity index (χ2v) is 4.20. The summed E-state index contributed by atoms with van der Waals surface area (Å²) in [6.07, 6.45) is 0.152. The van der Waals surface area contributed by atoms with Crippen molar-refractivity contribution in [2.24, 2.45) is 0 Å². The SMILES string of the molecule is C=C(Cc1ccccc1)S(=O)(=O)O. The minimum Gasteiger partial charge on any atom is -0.282 e. The van der Waals surface area contributed by atoms with Crippen LogP contribution < -0.4 is 0 Å². The third-order valence-electron chi connectivity index (χ3n) is 1.61. The van der Waals surface area contributed by atoms with Gasteiger partial charge in [-0.3, -0.25) is 4.55 Å². The summed E-state index contributed by atoms with van der Waals surface area (Å²) in [6, 6.07) is 8.98. The molecule has 0 aliphatic heterocycles. The van der Waals surface area contributed by atoms with E-state index in [-0.39, 0.29) is 11.3 Å². The van der Waals surface area contributed by atoms with E-state index < -0.39 is 10.1 Å². The van der Waals surface area contributed by atoms with Crippen LogP contribution in [0.3, 0.4) is 0 Å². The van der Waals surface area contributed by atoms with Gasteiger partial charge in [0.25, 0.3) is 10.1 Å². The lowest BCUT2D eigenvalue weighted by Gasteiger charge is -2.01. The van der Waals surface area contributed by atoms with Crippen LogP contribution in [0, 0.1) is 0 Å². The summed E-state index contributed by atoms with van der Waals surface area (Å²) in [6.45, 7) is 3.28. The summed E-state index contributed by atoms with van der Waals surface area (Å²) in [5.41, 5.74) is 0.810. The van der Waals surface area contributed by atoms with E-state index in [1.165, 1.54) is 0 Å². The van der Waals surface area contributed by atoms with Crippen LogP contribution in [0.2, 0.25) is 0 Å². The van der Waals surface area contributed by atoms with Crippen LogP contribution in [0.15, 0.2) is 41.8 Å². The molecule has 1 aromatic carbocycles. The standard InChI is InChI=1S/C9H10O3S/c1-8(13(10,11)12)7-9-5-3-2-4-6-9/h2-6H,1,7H2,(H,10,11,12). The van der Waals surface area contributed by atoms with E-state index >= 15 is 0 Å². The zero-order valence-electron chi connectivity index (χ0n) is 6.97. The molecule has 0 amide bonds. The molecule has 0 aromatic heterocycles. The molecular weight excluding hydrogens is 188 g/mol. The van der Waals surface area contributed by atoms with E-state index in [0.29, 0.717) is 0 Å². The Balaban J connectivity index is 2.78. The molecule has 1 rings (SSSR count). The molecule has 0 spiro atoms. The van der Waals surface area contributed by atoms with E-state index in [0.717, 1.165) is 5.56 Å². The van der Waals surface area contributed by atoms with Gasteiger partial charge in [-0.15, -0.1) is 0 Å². The lowest BCUT2D eigenvalue weighted by Crippen LogP contribution is -2.03. The monoisotopic (exact) mass is 198 g/mol. The highest BCUT2D eigenvalue weighted by atomic mass is 32.2. The maximum absolute atomic E-state index is 10.6. The molecule has 0 bridgehead atoms. The average molecular weight is 198 g/mol. The molecule has 0 atom stereocenters. The topological polar surface area (TPSA) is 54.4 Å². The Bertz CT molecular complexity index is 392. The molecule has 0 fully saturated rings. The number of allylic oxidation sites excluding steroid dienone is 1. The Morgan fingerprint density at radius 1 is 1.31 bits per heavy atom. The van der Waals surface area contributed by atoms with E-state index in [1.807, 2.05) is 6.07 Å². The van der Waals surface area contributed by atoms with Gasteiger partial charge >= 0.3 is 0 Å². The lowest BCUT2D eigenvalue weighted by molar-refractivity contribution is 0.490. The molecule has 1 N–H and O–H groups in total. The van der Waals surface area contributed by atoms with Crippen molar-refractivity contribution in [3.63, 3.8) is 0 Å². The molecule has 0 unspecified atom stereocenters. The maximum Gasteiger partial charge on any atom is 0.290 e. The van der Waals surface area contributed by atoms with Crippen molar-refractivity contribution in [2.75, 3.05) is 0 Å². The summed E-state index contributed by atoms with van der Waals surface area (Å²) in [4.78, 5) is -0.182. The largest absolute Gasteiger partial charge is 0.290 e. The minimum absolute atomic E-state index is 0.152. The van der Waals surface area contributed by atoms with Crippen LogP contribution in [-0.4, -0.2) is 13.0 Å². The first kappa shape index (κ1) is 9.95. The van der Waals surface area contributed by atoms with Crippen molar-refractivity contribution in [1.82, 2.24) is 0 Å². The molecule has 0 aliphatic rings. The second kappa shape index (κ2) is 3.72. The molecule has 3 nitrogen and oxygen atoms in total. The number of hydrogen-bond donors (Lipinski definition) is 1. The maximum atomic E-state index is 10.6. The molecule has 0 saturated carbocycles. The lowest BCUT2D eigenvalue weighted by atomic mass is 10.1. The number of benzene rings is 1. The average Bonchev–Trinajstić information content (AvgIpc) is 2.04. The summed E-state index contributed by atoms with van der Waals surface area (Å²) < 4.78 is 29.8. The van der Waals surface area contributed by atoms with Crippen molar-refractivity contribution < 1.29 is 13.0 Å². The second-order valence-electron chi connectivity index (χ2n) is 2.68. The predicted molar refractivity (Wildman–Crippen MR) is 50.8 cm³/mol. The first-order valence-corrected chi connectivity index (χ1v) is 5.13. The Kier molecular flexibility index (Phi) is 2.85. The van der Waals surface area contributed by atoms with Gasteiger partial charge < -0.3 is 0 Å². The highest BCUT2D eigenvalue weighted by molar-refractivity contribution is 7.89. The molecule has 0 radical (unpaired) electrons. The predicted octanol–water partition coefficient (Wildman–Crippen LogP) is 1.63. The molecule has 0 heterocycles. The van der Waals surface area contributed by atoms with Gasteiger partial charge in [-0.2, -0.15) is 8.42 Å². The van der Waals surface area contributed by atoms with Gasteiger partial charge in [0.2, 0.25) is 0 Å². The van der Waals surface area contributed by atoms with Crippen molar-refractivity contribution in [3.05, 3.63) is 47.4 Å². The molecule has 70 valence electrons. The van der Waals surface area contributed by atoms with Gasteiger partial charge in [0.05, 0.1) is 4.91 Å². The summed E-state index contributed by atoms with van der Waals surface area (Å²) in [5.74, 6) is 0. The van der Waals surface area contributed by atoms with Crippen LogP contribution in [0.5, 0.6) is 0 Å². The Labute approximate surface area is 77.5 Å². The van der Waals surface area contributed by atoms with Crippen molar-refractivity contribution >= 4 is 10.1 Å². The fourth-order valence-corrected chi connectivity index (χ4v) is 1.26. The summed E-state index contributed by atoms with van der Waals surface area (Å²) in [7, 11) is -4.10. The summed E-state index contributed by atoms with van der Waals surface area (Å²) >= 11 is 0. The van der Waals surface area contributed by atoms with Gasteiger partial charge in [-0.05, 0) is 5.56 Å². The Morgan fingerprint density at radius 2 is 1.85 bits per heavy atom. The van der Waals surface area contributed by atoms with Gasteiger partial charge in [-0.25, -0.2) is 0 Å². The summed E-state index contributed by atoms with van der Waals surface area (Å²) in [5, 5.41) is 0. The third-order valence-corrected chi connectivity index (χ3v) is 2.48. The number of rotatable bonds is 3. The third kappa shape index (κ3) is 3.01. The van der Waals surface area contributed by atoms with Crippen LogP contribution >= 0.6 is 0 Å². The van der Waals surface area contributed by atoms with E-state index in [2.05, 4.69) is 6.58 Å². The number of hydrogen-bond acceptors (Lipinski definition) is 2. The van der Waals surface area contributed by atoms with Crippen molar-refractivity contribution in [3.8, 4) is 0 Å². The zero-order chi connectivity index (χ0) is 9.90. The van der Waals surface area contributed by atoms with Gasteiger partial charge in [0.1, 0.15) is 0 Å². The fraction of sp³-hybridized carbons (Fsp3) is 0.111. The van der Waals surface area contributed by atoms with Crippen LogP contribution in [0.25, 0.3) is 0 Å².